The minimum Gasteiger partial charge on any atom is -0.451 e. The summed E-state index contributed by atoms with van der Waals surface area (Å²) in [6, 6.07) is 11.4. The first kappa shape index (κ1) is 17.4. The van der Waals surface area contributed by atoms with Crippen molar-refractivity contribution in [3.8, 4) is 0 Å². The molecule has 0 atom stereocenters. The summed E-state index contributed by atoms with van der Waals surface area (Å²) in [7, 11) is 0. The van der Waals surface area contributed by atoms with Crippen LogP contribution < -0.4 is 4.90 Å². The molecule has 0 N–H and O–H groups in total. The van der Waals surface area contributed by atoms with E-state index in [0.29, 0.717) is 17.0 Å². The van der Waals surface area contributed by atoms with Crippen molar-refractivity contribution < 1.29 is 19.2 Å². The second-order valence-electron chi connectivity index (χ2n) is 4.60. The van der Waals surface area contributed by atoms with Gasteiger partial charge in [0.15, 0.2) is 6.61 Å². The third kappa shape index (κ3) is 4.26. The van der Waals surface area contributed by atoms with Gasteiger partial charge >= 0.3 is 11.0 Å². The number of carbonyl (C=O) groups is 2. The highest BCUT2D eigenvalue weighted by molar-refractivity contribution is 7.17. The second kappa shape index (κ2) is 8.02. The SMILES string of the molecule is C=CCN(C(=O)COC(=O)c1ccc([N+](=O)[O-])s1)c1ccccc1. The molecule has 0 aliphatic carbocycles. The van der Waals surface area contributed by atoms with Gasteiger partial charge in [-0.25, -0.2) is 4.79 Å². The van der Waals surface area contributed by atoms with Gasteiger partial charge in [0, 0.05) is 18.3 Å². The quantitative estimate of drug-likeness (QED) is 0.333. The Kier molecular flexibility index (Phi) is 5.80. The molecule has 0 saturated heterocycles. The molecule has 2 rings (SSSR count). The Balaban J connectivity index is 2.00. The number of nitrogens with zero attached hydrogens (tertiary/aromatic N) is 2. The number of anilines is 1. The Morgan fingerprint density at radius 1 is 1.25 bits per heavy atom. The summed E-state index contributed by atoms with van der Waals surface area (Å²) in [5, 5.41) is 10.5. The van der Waals surface area contributed by atoms with Crippen LogP contribution in [-0.2, 0) is 9.53 Å². The third-order valence-corrected chi connectivity index (χ3v) is 4.00. The minimum absolute atomic E-state index is 0.0736. The molecule has 1 aromatic heterocycles. The van der Waals surface area contributed by atoms with Crippen molar-refractivity contribution in [2.45, 2.75) is 0 Å². The Labute approximate surface area is 141 Å². The first-order valence-corrected chi connectivity index (χ1v) is 7.72. The predicted molar refractivity (Wildman–Crippen MR) is 90.2 cm³/mol. The average molecular weight is 346 g/mol. The minimum atomic E-state index is -0.770. The summed E-state index contributed by atoms with van der Waals surface area (Å²) >= 11 is 0.701. The number of nitro groups is 1. The number of carbonyl (C=O) groups excluding carboxylic acids is 2. The molecule has 7 nitrogen and oxygen atoms in total. The molecule has 0 unspecified atom stereocenters. The fourth-order valence-electron chi connectivity index (χ4n) is 1.90. The highest BCUT2D eigenvalue weighted by Gasteiger charge is 2.20. The van der Waals surface area contributed by atoms with Crippen LogP contribution in [0.15, 0.2) is 55.1 Å². The summed E-state index contributed by atoms with van der Waals surface area (Å²) in [4.78, 5) is 35.7. The summed E-state index contributed by atoms with van der Waals surface area (Å²) in [6.07, 6.45) is 1.56. The van der Waals surface area contributed by atoms with Crippen molar-refractivity contribution in [2.75, 3.05) is 18.1 Å². The van der Waals surface area contributed by atoms with E-state index in [1.807, 2.05) is 6.07 Å². The van der Waals surface area contributed by atoms with Crippen LogP contribution in [0.3, 0.4) is 0 Å². The van der Waals surface area contributed by atoms with Gasteiger partial charge in [-0.2, -0.15) is 0 Å². The molecule has 0 aliphatic heterocycles. The van der Waals surface area contributed by atoms with E-state index in [2.05, 4.69) is 6.58 Å². The third-order valence-electron chi connectivity index (χ3n) is 2.98. The second-order valence-corrected chi connectivity index (χ2v) is 5.66. The van der Waals surface area contributed by atoms with Gasteiger partial charge in [-0.3, -0.25) is 14.9 Å². The molecule has 2 aromatic rings. The molecule has 0 radical (unpaired) electrons. The maximum Gasteiger partial charge on any atom is 0.349 e. The standard InChI is InChI=1S/C16H14N2O5S/c1-2-10-17(12-6-4-3-5-7-12)14(19)11-23-16(20)13-8-9-15(24-13)18(21)22/h2-9H,1,10-11H2. The van der Waals surface area contributed by atoms with Crippen molar-refractivity contribution >= 4 is 33.9 Å². The molecule has 0 aliphatic rings. The molecular formula is C16H14N2O5S. The lowest BCUT2D eigenvalue weighted by molar-refractivity contribution is -0.380. The molecule has 0 spiro atoms. The molecule has 0 fully saturated rings. The number of amides is 1. The summed E-state index contributed by atoms with van der Waals surface area (Å²) in [5.74, 6) is -1.19. The number of benzene rings is 1. The first-order valence-electron chi connectivity index (χ1n) is 6.90. The molecular weight excluding hydrogens is 332 g/mol. The maximum absolute atomic E-state index is 12.3. The van der Waals surface area contributed by atoms with Gasteiger partial charge in [0.25, 0.3) is 5.91 Å². The smallest absolute Gasteiger partial charge is 0.349 e. The molecule has 124 valence electrons. The predicted octanol–water partition coefficient (Wildman–Crippen LogP) is 3.03. The Bertz CT molecular complexity index is 757. The van der Waals surface area contributed by atoms with E-state index in [1.54, 1.807) is 30.3 Å². The van der Waals surface area contributed by atoms with Gasteiger partial charge in [0.2, 0.25) is 0 Å². The molecule has 1 amide bonds. The van der Waals surface area contributed by atoms with E-state index in [0.717, 1.165) is 0 Å². The zero-order valence-electron chi connectivity index (χ0n) is 12.6. The lowest BCUT2D eigenvalue weighted by Crippen LogP contribution is -2.34. The van der Waals surface area contributed by atoms with E-state index in [4.69, 9.17) is 4.74 Å². The number of hydrogen-bond donors (Lipinski definition) is 0. The van der Waals surface area contributed by atoms with Gasteiger partial charge in [0.05, 0.1) is 4.92 Å². The van der Waals surface area contributed by atoms with E-state index in [-0.39, 0.29) is 16.4 Å². The van der Waals surface area contributed by atoms with Crippen molar-refractivity contribution in [3.05, 3.63) is 70.1 Å². The number of rotatable bonds is 7. The van der Waals surface area contributed by atoms with Crippen molar-refractivity contribution in [2.24, 2.45) is 0 Å². The fraction of sp³-hybridized carbons (Fsp3) is 0.125. The zero-order chi connectivity index (χ0) is 17.5. The Hall–Kier alpha value is -3.00. The first-order chi connectivity index (χ1) is 11.5. The van der Waals surface area contributed by atoms with Crippen LogP contribution in [-0.4, -0.2) is 30.0 Å². The topological polar surface area (TPSA) is 89.8 Å². The van der Waals surface area contributed by atoms with Gasteiger partial charge in [-0.1, -0.05) is 35.6 Å². The van der Waals surface area contributed by atoms with Gasteiger partial charge in [-0.05, 0) is 18.2 Å². The van der Waals surface area contributed by atoms with Crippen LogP contribution in [0.5, 0.6) is 0 Å². The van der Waals surface area contributed by atoms with Crippen LogP contribution in [0.25, 0.3) is 0 Å². The summed E-state index contributed by atoms with van der Waals surface area (Å²) < 4.78 is 4.96. The molecule has 0 saturated carbocycles. The molecule has 1 heterocycles. The van der Waals surface area contributed by atoms with Gasteiger partial charge in [-0.15, -0.1) is 6.58 Å². The number of esters is 1. The van der Waals surface area contributed by atoms with Crippen LogP contribution in [0.4, 0.5) is 10.7 Å². The van der Waals surface area contributed by atoms with E-state index in [1.165, 1.54) is 17.0 Å². The van der Waals surface area contributed by atoms with Gasteiger partial charge in [0.1, 0.15) is 4.88 Å². The lowest BCUT2D eigenvalue weighted by Gasteiger charge is -2.20. The monoisotopic (exact) mass is 346 g/mol. The Morgan fingerprint density at radius 2 is 1.96 bits per heavy atom. The highest BCUT2D eigenvalue weighted by atomic mass is 32.1. The number of thiophene rings is 1. The van der Waals surface area contributed by atoms with Gasteiger partial charge < -0.3 is 9.64 Å². The van der Waals surface area contributed by atoms with Crippen molar-refractivity contribution in [1.82, 2.24) is 0 Å². The Morgan fingerprint density at radius 3 is 2.54 bits per heavy atom. The number of para-hydroxylation sites is 1. The molecule has 1 aromatic carbocycles. The molecule has 8 heteroatoms. The van der Waals surface area contributed by atoms with Crippen LogP contribution in [0, 0.1) is 10.1 Å². The number of ether oxygens (including phenoxy) is 1. The van der Waals surface area contributed by atoms with Crippen molar-refractivity contribution in [1.29, 1.82) is 0 Å². The summed E-state index contributed by atoms with van der Waals surface area (Å²) in [6.45, 7) is 3.41. The van der Waals surface area contributed by atoms with E-state index < -0.39 is 23.4 Å². The zero-order valence-corrected chi connectivity index (χ0v) is 13.4. The lowest BCUT2D eigenvalue weighted by atomic mass is 10.3. The van der Waals surface area contributed by atoms with Crippen LogP contribution >= 0.6 is 11.3 Å². The summed E-state index contributed by atoms with van der Waals surface area (Å²) in [5.41, 5.74) is 0.658. The highest BCUT2D eigenvalue weighted by Crippen LogP contribution is 2.24. The van der Waals surface area contributed by atoms with Crippen LogP contribution in [0.2, 0.25) is 0 Å². The largest absolute Gasteiger partial charge is 0.451 e. The maximum atomic E-state index is 12.3. The average Bonchev–Trinajstić information content (AvgIpc) is 3.08. The van der Waals surface area contributed by atoms with Crippen LogP contribution in [0.1, 0.15) is 9.67 Å². The van der Waals surface area contributed by atoms with E-state index in [9.17, 15) is 19.7 Å². The van der Waals surface area contributed by atoms with Crippen molar-refractivity contribution in [3.63, 3.8) is 0 Å². The number of hydrogen-bond acceptors (Lipinski definition) is 6. The fourth-order valence-corrected chi connectivity index (χ4v) is 2.61. The molecule has 24 heavy (non-hydrogen) atoms. The van der Waals surface area contributed by atoms with E-state index >= 15 is 0 Å². The molecule has 0 bridgehead atoms. The normalized spacial score (nSPS) is 10.0.